The number of nitrogens with zero attached hydrogens (tertiary/aromatic N) is 3. The second-order valence-electron chi connectivity index (χ2n) is 5.41. The number of rotatable bonds is 3. The van der Waals surface area contributed by atoms with Crippen LogP contribution in [-0.4, -0.2) is 39.3 Å². The lowest BCUT2D eigenvalue weighted by Crippen LogP contribution is -2.41. The number of hydrogen-bond acceptors (Lipinski definition) is 5. The summed E-state index contributed by atoms with van der Waals surface area (Å²) in [7, 11) is 1.65. The quantitative estimate of drug-likeness (QED) is 0.817. The molecule has 1 aliphatic rings. The molecule has 0 bridgehead atoms. The highest BCUT2D eigenvalue weighted by molar-refractivity contribution is 7.20. The first kappa shape index (κ1) is 14.2. The van der Waals surface area contributed by atoms with Crippen LogP contribution in [0.25, 0.3) is 9.88 Å². The molecule has 1 aliphatic heterocycles. The average Bonchev–Trinajstić information content (AvgIpc) is 3.14. The normalized spacial score (nSPS) is 17.9. The summed E-state index contributed by atoms with van der Waals surface area (Å²) in [6.45, 7) is 3.74. The Labute approximate surface area is 130 Å². The predicted octanol–water partition coefficient (Wildman–Crippen LogP) is 3.04. The Hall–Kier alpha value is -1.73. The third-order valence-corrected chi connectivity index (χ3v) is 5.66. The minimum Gasteiger partial charge on any atom is -0.313 e. The summed E-state index contributed by atoms with van der Waals surface area (Å²) in [5, 5.41) is 4.83. The van der Waals surface area contributed by atoms with E-state index in [1.165, 1.54) is 21.1 Å². The summed E-state index contributed by atoms with van der Waals surface area (Å²) in [5.74, 6) is -0.180. The molecular weight excluding hydrogens is 306 g/mol. The van der Waals surface area contributed by atoms with E-state index in [9.17, 15) is 9.59 Å². The third-order valence-electron chi connectivity index (χ3n) is 3.73. The van der Waals surface area contributed by atoms with Crippen LogP contribution < -0.4 is 0 Å². The van der Waals surface area contributed by atoms with Crippen LogP contribution in [0.2, 0.25) is 0 Å². The summed E-state index contributed by atoms with van der Waals surface area (Å²) >= 11 is 3.16. The summed E-state index contributed by atoms with van der Waals surface area (Å²) < 4.78 is 0. The van der Waals surface area contributed by atoms with Crippen molar-refractivity contribution in [1.29, 1.82) is 0 Å². The first-order chi connectivity index (χ1) is 9.91. The van der Waals surface area contributed by atoms with Crippen molar-refractivity contribution >= 4 is 34.6 Å². The monoisotopic (exact) mass is 321 g/mol. The summed E-state index contributed by atoms with van der Waals surface area (Å²) in [5.41, 5.74) is -0.0415. The lowest BCUT2D eigenvalue weighted by Gasteiger charge is -2.22. The van der Waals surface area contributed by atoms with E-state index in [1.54, 1.807) is 32.2 Å². The minimum absolute atomic E-state index is 0.180. The Balaban J connectivity index is 1.82. The van der Waals surface area contributed by atoms with Gasteiger partial charge in [0.05, 0.1) is 17.1 Å². The van der Waals surface area contributed by atoms with Crippen molar-refractivity contribution in [3.63, 3.8) is 0 Å². The molecule has 3 heterocycles. The van der Waals surface area contributed by atoms with Gasteiger partial charge in [-0.25, -0.2) is 9.78 Å². The number of carbonyl (C=O) groups is 2. The van der Waals surface area contributed by atoms with Crippen LogP contribution in [0.3, 0.4) is 0 Å². The Kier molecular flexibility index (Phi) is 3.33. The van der Waals surface area contributed by atoms with Gasteiger partial charge in [0.25, 0.3) is 5.91 Å². The molecule has 0 spiro atoms. The van der Waals surface area contributed by atoms with Gasteiger partial charge in [-0.1, -0.05) is 6.07 Å². The first-order valence-corrected chi connectivity index (χ1v) is 8.25. The fraction of sp³-hybridized carbons (Fsp3) is 0.357. The minimum atomic E-state index is -0.788. The second-order valence-corrected chi connectivity index (χ2v) is 7.22. The van der Waals surface area contributed by atoms with E-state index in [-0.39, 0.29) is 18.5 Å². The van der Waals surface area contributed by atoms with E-state index in [1.807, 2.05) is 22.9 Å². The number of aromatic nitrogens is 1. The van der Waals surface area contributed by atoms with Crippen LogP contribution in [0.5, 0.6) is 0 Å². The van der Waals surface area contributed by atoms with Crippen molar-refractivity contribution in [3.8, 4) is 9.88 Å². The van der Waals surface area contributed by atoms with Crippen LogP contribution in [0.4, 0.5) is 4.79 Å². The lowest BCUT2D eigenvalue weighted by atomic mass is 10.1. The number of carbonyl (C=O) groups excluding carboxylic acids is 2. The zero-order chi connectivity index (χ0) is 15.2. The van der Waals surface area contributed by atoms with Gasteiger partial charge in [0.15, 0.2) is 0 Å². The highest BCUT2D eigenvalue weighted by Crippen LogP contribution is 2.30. The maximum atomic E-state index is 12.3. The Bertz CT molecular complexity index is 691. The number of likely N-dealkylation sites (N-methyl/N-ethyl adjacent to an activating group) is 1. The molecule has 0 atom stereocenters. The van der Waals surface area contributed by atoms with Gasteiger partial charge < -0.3 is 4.90 Å². The number of thiophene rings is 1. The smallest absolute Gasteiger partial charge is 0.313 e. The van der Waals surface area contributed by atoms with E-state index >= 15 is 0 Å². The number of thiazole rings is 1. The molecule has 0 aromatic carbocycles. The molecule has 3 rings (SSSR count). The van der Waals surface area contributed by atoms with Gasteiger partial charge in [-0.05, 0) is 25.3 Å². The number of imide groups is 1. The van der Waals surface area contributed by atoms with Crippen LogP contribution in [0.15, 0.2) is 22.9 Å². The van der Waals surface area contributed by atoms with Gasteiger partial charge >= 0.3 is 6.03 Å². The van der Waals surface area contributed by atoms with Crippen molar-refractivity contribution in [2.75, 3.05) is 7.05 Å². The summed E-state index contributed by atoms with van der Waals surface area (Å²) in [6, 6.07) is 3.72. The molecule has 21 heavy (non-hydrogen) atoms. The van der Waals surface area contributed by atoms with Gasteiger partial charge in [-0.3, -0.25) is 9.69 Å². The van der Waals surface area contributed by atoms with Crippen LogP contribution in [0.1, 0.15) is 19.5 Å². The molecule has 0 aliphatic carbocycles. The highest BCUT2D eigenvalue weighted by atomic mass is 32.1. The topological polar surface area (TPSA) is 53.5 Å². The molecular formula is C14H15N3O2S2. The van der Waals surface area contributed by atoms with Gasteiger partial charge in [0, 0.05) is 12.4 Å². The van der Waals surface area contributed by atoms with Gasteiger partial charge in [0.1, 0.15) is 10.5 Å². The van der Waals surface area contributed by atoms with Gasteiger partial charge in [-0.2, -0.15) is 0 Å². The fourth-order valence-corrected chi connectivity index (χ4v) is 3.80. The molecule has 2 aromatic rings. The lowest BCUT2D eigenvalue weighted by molar-refractivity contribution is -0.132. The summed E-state index contributed by atoms with van der Waals surface area (Å²) in [6.07, 6.45) is 0. The van der Waals surface area contributed by atoms with Gasteiger partial charge in [-0.15, -0.1) is 22.7 Å². The second kappa shape index (κ2) is 4.92. The maximum Gasteiger partial charge on any atom is 0.327 e. The van der Waals surface area contributed by atoms with Crippen molar-refractivity contribution in [1.82, 2.24) is 14.8 Å². The summed E-state index contributed by atoms with van der Waals surface area (Å²) in [4.78, 5) is 32.9. The predicted molar refractivity (Wildman–Crippen MR) is 83.2 cm³/mol. The molecule has 3 amide bonds. The molecule has 5 nitrogen and oxygen atoms in total. The van der Waals surface area contributed by atoms with Crippen LogP contribution in [0, 0.1) is 0 Å². The highest BCUT2D eigenvalue weighted by Gasteiger charge is 2.49. The van der Waals surface area contributed by atoms with Crippen molar-refractivity contribution in [2.45, 2.75) is 25.9 Å². The molecule has 1 saturated heterocycles. The molecule has 7 heteroatoms. The fourth-order valence-electron chi connectivity index (χ4n) is 2.18. The Morgan fingerprint density at radius 2 is 2.05 bits per heavy atom. The van der Waals surface area contributed by atoms with E-state index in [4.69, 9.17) is 0 Å². The molecule has 0 radical (unpaired) electrons. The van der Waals surface area contributed by atoms with E-state index in [0.29, 0.717) is 0 Å². The Morgan fingerprint density at radius 1 is 1.29 bits per heavy atom. The SMILES string of the molecule is CN1C(=O)N(Cc2csc(-c3cccs3)n2)C(=O)C1(C)C. The molecule has 0 unspecified atom stereocenters. The van der Waals surface area contributed by atoms with Crippen LogP contribution >= 0.6 is 22.7 Å². The molecule has 110 valence electrons. The van der Waals surface area contributed by atoms with Crippen LogP contribution in [-0.2, 0) is 11.3 Å². The van der Waals surface area contributed by atoms with Crippen molar-refractivity contribution in [3.05, 3.63) is 28.6 Å². The molecule has 0 saturated carbocycles. The van der Waals surface area contributed by atoms with Crippen molar-refractivity contribution < 1.29 is 9.59 Å². The molecule has 0 N–H and O–H groups in total. The van der Waals surface area contributed by atoms with Crippen molar-refractivity contribution in [2.24, 2.45) is 0 Å². The number of amides is 3. The van der Waals surface area contributed by atoms with Gasteiger partial charge in [0.2, 0.25) is 0 Å². The van der Waals surface area contributed by atoms with E-state index in [0.717, 1.165) is 15.6 Å². The number of hydrogen-bond donors (Lipinski definition) is 0. The van der Waals surface area contributed by atoms with E-state index in [2.05, 4.69) is 4.98 Å². The standard InChI is InChI=1S/C14H15N3O2S2/c1-14(2)12(18)17(13(19)16(14)3)7-9-8-21-11(15-9)10-5-4-6-20-10/h4-6,8H,7H2,1-3H3. The Morgan fingerprint density at radius 3 is 2.62 bits per heavy atom. The average molecular weight is 321 g/mol. The maximum absolute atomic E-state index is 12.3. The third kappa shape index (κ3) is 2.26. The molecule has 2 aromatic heterocycles. The zero-order valence-corrected chi connectivity index (χ0v) is 13.6. The molecule has 1 fully saturated rings. The largest absolute Gasteiger partial charge is 0.327 e. The first-order valence-electron chi connectivity index (χ1n) is 6.49. The zero-order valence-electron chi connectivity index (χ0n) is 12.0. The van der Waals surface area contributed by atoms with E-state index < -0.39 is 5.54 Å². The number of urea groups is 1.